The molecule has 0 bridgehead atoms. The highest BCUT2D eigenvalue weighted by Gasteiger charge is 2.39. The molecule has 0 fully saturated rings. The van der Waals surface area contributed by atoms with E-state index in [9.17, 15) is 33.6 Å². The number of hydrogen-bond acceptors (Lipinski definition) is 6. The fraction of sp³-hybridized carbons (Fsp3) is 0.429. The molecule has 1 aromatic carbocycles. The van der Waals surface area contributed by atoms with Crippen LogP contribution < -0.4 is 9.97 Å². The summed E-state index contributed by atoms with van der Waals surface area (Å²) in [6.45, 7) is 1.32. The van der Waals surface area contributed by atoms with Crippen LogP contribution >= 0.6 is 0 Å². The van der Waals surface area contributed by atoms with E-state index in [0.29, 0.717) is 6.07 Å². The Morgan fingerprint density at radius 3 is 2.67 bits per heavy atom. The van der Waals surface area contributed by atoms with Crippen molar-refractivity contribution in [2.45, 2.75) is 38.4 Å². The van der Waals surface area contributed by atoms with Gasteiger partial charge in [0.15, 0.2) is 17.9 Å². The molecule has 10 heteroatoms. The molecule has 0 saturated heterocycles. The maximum Gasteiger partial charge on any atom is 0.547 e. The van der Waals surface area contributed by atoms with Gasteiger partial charge >= 0.3 is 7.12 Å². The summed E-state index contributed by atoms with van der Waals surface area (Å²) in [5.74, 6) is -4.75. The number of halogens is 2. The van der Waals surface area contributed by atoms with Crippen molar-refractivity contribution >= 4 is 18.8 Å². The Hall–Kier alpha value is -2.04. The first-order valence-electron chi connectivity index (χ1n) is 7.21. The number of benzene rings is 1. The minimum absolute atomic E-state index is 0.00986. The number of nitrogens with one attached hydrogen (secondary N) is 1. The van der Waals surface area contributed by atoms with Crippen molar-refractivity contribution in [1.29, 1.82) is 0 Å². The Bertz CT molecular complexity index is 669. The molecular weight excluding hydrogens is 327 g/mol. The predicted octanol–water partition coefficient (Wildman–Crippen LogP) is -0.243. The number of aliphatic hydroxyl groups excluding tert-OH is 1. The number of aliphatic hydroxyl groups is 2. The summed E-state index contributed by atoms with van der Waals surface area (Å²) in [6, 6.07) is 0.567. The summed E-state index contributed by atoms with van der Waals surface area (Å²) < 4.78 is 32.6. The third kappa shape index (κ3) is 3.89. The van der Waals surface area contributed by atoms with Crippen LogP contribution in [0.25, 0.3) is 0 Å². The smallest absolute Gasteiger partial charge is 0.534 e. The molecule has 0 aromatic heterocycles. The number of carbonyl (C=O) groups excluding carboxylic acids is 2. The number of carbonyl (C=O) groups is 2. The highest BCUT2D eigenvalue weighted by molar-refractivity contribution is 6.46. The summed E-state index contributed by atoms with van der Waals surface area (Å²) in [6.07, 6.45) is -2.54. The van der Waals surface area contributed by atoms with Gasteiger partial charge < -0.3 is 30.0 Å². The molecule has 7 nitrogen and oxygen atoms in total. The zero-order valence-corrected chi connectivity index (χ0v) is 12.8. The Labute approximate surface area is 136 Å². The first-order chi connectivity index (χ1) is 11.2. The van der Waals surface area contributed by atoms with E-state index < -0.39 is 42.5 Å². The van der Waals surface area contributed by atoms with Gasteiger partial charge in [0, 0.05) is 18.4 Å². The van der Waals surface area contributed by atoms with Crippen LogP contribution in [0, 0.1) is 11.6 Å². The topological polar surface area (TPSA) is 116 Å². The lowest BCUT2D eigenvalue weighted by atomic mass is 9.72. The molecule has 0 aliphatic carbocycles. The maximum atomic E-state index is 14.0. The van der Waals surface area contributed by atoms with Crippen LogP contribution in [0.3, 0.4) is 0 Å². The van der Waals surface area contributed by atoms with E-state index >= 15 is 0 Å². The number of hydrogen-bond donors (Lipinski definition) is 4. The molecular formula is C14H16BF2NO6. The first-order valence-corrected chi connectivity index (χ1v) is 7.21. The summed E-state index contributed by atoms with van der Waals surface area (Å²) in [5, 5.41) is 30.7. The summed E-state index contributed by atoms with van der Waals surface area (Å²) in [5.41, 5.74) is -0.746. The van der Waals surface area contributed by atoms with E-state index in [1.54, 1.807) is 0 Å². The van der Waals surface area contributed by atoms with Crippen molar-refractivity contribution < 1.29 is 38.3 Å². The van der Waals surface area contributed by atoms with E-state index in [1.807, 2.05) is 0 Å². The average molecular weight is 343 g/mol. The number of Topliss-reactive ketones (excluding diaryl/α,β-unsaturated/α-hetero) is 1. The van der Waals surface area contributed by atoms with Crippen LogP contribution in [0.2, 0.25) is 0 Å². The zero-order valence-electron chi connectivity index (χ0n) is 12.8. The second-order valence-electron chi connectivity index (χ2n) is 5.53. The van der Waals surface area contributed by atoms with Crippen molar-refractivity contribution in [3.05, 3.63) is 28.8 Å². The number of amides is 1. The van der Waals surface area contributed by atoms with Gasteiger partial charge in [-0.15, -0.1) is 0 Å². The van der Waals surface area contributed by atoms with Gasteiger partial charge in [-0.25, -0.2) is 8.78 Å². The molecule has 1 atom stereocenters. The highest BCUT2D eigenvalue weighted by atomic mass is 19.2. The summed E-state index contributed by atoms with van der Waals surface area (Å²) in [7, 11) is -1.60. The van der Waals surface area contributed by atoms with Gasteiger partial charge in [-0.1, -0.05) is 0 Å². The highest BCUT2D eigenvalue weighted by Crippen LogP contribution is 2.36. The van der Waals surface area contributed by atoms with E-state index in [1.165, 1.54) is 6.92 Å². The third-order valence-electron chi connectivity index (χ3n) is 3.63. The molecule has 1 aromatic rings. The minimum atomic E-state index is -2.12. The standard InChI is InChI=1S/C14H16BF2NO6/c1-6(19)2-3-11(20)18-10-5-7-12(17)9(16)4-8(14(21)22)13(7)24-15(10)23/h4,10,14,21-23H,2-3,5H2,1H3,(H,18,20)/t10-/m0/s1. The Morgan fingerprint density at radius 2 is 2.08 bits per heavy atom. The van der Waals surface area contributed by atoms with Crippen LogP contribution in [-0.4, -0.2) is 40.0 Å². The molecule has 0 saturated carbocycles. The second-order valence-corrected chi connectivity index (χ2v) is 5.53. The number of ketones is 1. The molecule has 1 heterocycles. The SMILES string of the molecule is CC(=O)CCC(=O)N[C@H]1Cc2c(F)c(F)cc(C(O)O)c2OB1O. The van der Waals surface area contributed by atoms with Crippen molar-refractivity contribution in [3.63, 3.8) is 0 Å². The molecule has 130 valence electrons. The monoisotopic (exact) mass is 343 g/mol. The van der Waals surface area contributed by atoms with Crippen LogP contribution in [0.5, 0.6) is 5.75 Å². The summed E-state index contributed by atoms with van der Waals surface area (Å²) in [4.78, 5) is 22.6. The third-order valence-corrected chi connectivity index (χ3v) is 3.63. The van der Waals surface area contributed by atoms with Crippen LogP contribution in [0.4, 0.5) is 8.78 Å². The van der Waals surface area contributed by atoms with Gasteiger partial charge in [0.05, 0.1) is 11.5 Å². The fourth-order valence-electron chi connectivity index (χ4n) is 2.41. The van der Waals surface area contributed by atoms with Crippen molar-refractivity contribution in [2.75, 3.05) is 0 Å². The molecule has 24 heavy (non-hydrogen) atoms. The van der Waals surface area contributed by atoms with E-state index in [4.69, 9.17) is 4.65 Å². The lowest BCUT2D eigenvalue weighted by Gasteiger charge is -2.30. The van der Waals surface area contributed by atoms with E-state index in [2.05, 4.69) is 5.32 Å². The molecule has 1 aliphatic rings. The Morgan fingerprint density at radius 1 is 1.42 bits per heavy atom. The zero-order chi connectivity index (χ0) is 18.0. The second kappa shape index (κ2) is 7.24. The molecule has 1 aliphatic heterocycles. The first kappa shape index (κ1) is 18.3. The molecule has 0 unspecified atom stereocenters. The largest absolute Gasteiger partial charge is 0.547 e. The maximum absolute atomic E-state index is 14.0. The Kier molecular flexibility index (Phi) is 5.53. The fourth-order valence-corrected chi connectivity index (χ4v) is 2.41. The van der Waals surface area contributed by atoms with Gasteiger partial charge in [0.2, 0.25) is 5.91 Å². The minimum Gasteiger partial charge on any atom is -0.534 e. The molecule has 4 N–H and O–H groups in total. The quantitative estimate of drug-likeness (QED) is 0.433. The number of rotatable bonds is 5. The van der Waals surface area contributed by atoms with Crippen molar-refractivity contribution in [3.8, 4) is 5.75 Å². The van der Waals surface area contributed by atoms with Crippen LogP contribution in [0.1, 0.15) is 37.2 Å². The van der Waals surface area contributed by atoms with E-state index in [-0.39, 0.29) is 36.4 Å². The molecule has 2 rings (SSSR count). The molecule has 0 radical (unpaired) electrons. The average Bonchev–Trinajstić information content (AvgIpc) is 2.50. The lowest BCUT2D eigenvalue weighted by Crippen LogP contribution is -2.53. The normalized spacial score (nSPS) is 16.6. The van der Waals surface area contributed by atoms with Crippen molar-refractivity contribution in [1.82, 2.24) is 5.32 Å². The number of fused-ring (bicyclic) bond motifs is 1. The summed E-state index contributed by atoms with van der Waals surface area (Å²) >= 11 is 0. The van der Waals surface area contributed by atoms with Gasteiger partial charge in [-0.05, 0) is 19.4 Å². The molecule has 0 spiro atoms. The van der Waals surface area contributed by atoms with Gasteiger partial charge in [0.25, 0.3) is 0 Å². The molecule has 1 amide bonds. The predicted molar refractivity (Wildman–Crippen MR) is 77.7 cm³/mol. The van der Waals surface area contributed by atoms with Crippen LogP contribution in [0.15, 0.2) is 6.07 Å². The van der Waals surface area contributed by atoms with Gasteiger partial charge in [-0.2, -0.15) is 0 Å². The van der Waals surface area contributed by atoms with Crippen molar-refractivity contribution in [2.24, 2.45) is 0 Å². The Balaban J connectivity index is 2.23. The van der Waals surface area contributed by atoms with Crippen LogP contribution in [-0.2, 0) is 16.0 Å². The lowest BCUT2D eigenvalue weighted by molar-refractivity contribution is -0.124. The van der Waals surface area contributed by atoms with Gasteiger partial charge in [0.1, 0.15) is 11.5 Å². The van der Waals surface area contributed by atoms with E-state index in [0.717, 1.165) is 0 Å². The van der Waals surface area contributed by atoms with Gasteiger partial charge in [-0.3, -0.25) is 4.79 Å².